The van der Waals surface area contributed by atoms with Gasteiger partial charge in [0.05, 0.1) is 22.7 Å². The van der Waals surface area contributed by atoms with E-state index in [2.05, 4.69) is 20.1 Å². The standard InChI is InChI=1S/C30H27ClN6O3/c1-18-7-10-24-22(13-18)26(27(32)29(39)40)25-11-12-30(15-37(24)25,19-5-3-2-4-6-19)35-28(38)21-9-8-20(14-23(21)31)36-16-33-34-17-36/h2-10,13-14,16-17,27H,11-12,15,32H2,1H3,(H,35,38)(H,39,40). The highest BCUT2D eigenvalue weighted by Crippen LogP contribution is 2.41. The minimum absolute atomic E-state index is 0.303. The molecule has 0 radical (unpaired) electrons. The Bertz CT molecular complexity index is 1750. The van der Waals surface area contributed by atoms with Gasteiger partial charge in [0.25, 0.3) is 5.91 Å². The molecule has 0 fully saturated rings. The molecule has 0 bridgehead atoms. The number of aryl methyl sites for hydroxylation is 1. The van der Waals surface area contributed by atoms with Gasteiger partial charge in [-0.15, -0.1) is 10.2 Å². The molecule has 2 unspecified atom stereocenters. The van der Waals surface area contributed by atoms with Crippen LogP contribution in [-0.2, 0) is 23.3 Å². The third-order valence-corrected chi connectivity index (χ3v) is 8.07. The molecule has 1 aliphatic heterocycles. The van der Waals surface area contributed by atoms with E-state index >= 15 is 0 Å². The average molecular weight is 555 g/mol. The Morgan fingerprint density at radius 3 is 2.52 bits per heavy atom. The van der Waals surface area contributed by atoms with E-state index in [-0.39, 0.29) is 5.91 Å². The van der Waals surface area contributed by atoms with Crippen LogP contribution in [0, 0.1) is 6.92 Å². The van der Waals surface area contributed by atoms with E-state index in [4.69, 9.17) is 17.3 Å². The molecule has 0 aliphatic carbocycles. The number of benzene rings is 3. The Kier molecular flexibility index (Phi) is 6.40. The van der Waals surface area contributed by atoms with Gasteiger partial charge in [-0.05, 0) is 55.7 Å². The minimum atomic E-state index is -1.15. The van der Waals surface area contributed by atoms with Gasteiger partial charge in [-0.3, -0.25) is 14.2 Å². The summed E-state index contributed by atoms with van der Waals surface area (Å²) in [6.07, 6.45) is 4.19. The monoisotopic (exact) mass is 554 g/mol. The normalized spacial score (nSPS) is 17.4. The van der Waals surface area contributed by atoms with E-state index in [9.17, 15) is 14.7 Å². The predicted octanol–water partition coefficient (Wildman–Crippen LogP) is 4.54. The Labute approximate surface area is 235 Å². The van der Waals surface area contributed by atoms with Gasteiger partial charge in [0.1, 0.15) is 18.7 Å². The fourth-order valence-electron chi connectivity index (χ4n) is 5.78. The molecule has 2 atom stereocenters. The maximum atomic E-state index is 13.8. The number of carboxylic acids is 1. The van der Waals surface area contributed by atoms with Crippen LogP contribution >= 0.6 is 11.6 Å². The highest BCUT2D eigenvalue weighted by molar-refractivity contribution is 6.34. The van der Waals surface area contributed by atoms with Gasteiger partial charge in [0.2, 0.25) is 0 Å². The quantitative estimate of drug-likeness (QED) is 0.283. The maximum Gasteiger partial charge on any atom is 0.325 e. The zero-order valence-corrected chi connectivity index (χ0v) is 22.5. The molecule has 6 rings (SSSR count). The predicted molar refractivity (Wildman–Crippen MR) is 152 cm³/mol. The van der Waals surface area contributed by atoms with Gasteiger partial charge >= 0.3 is 5.97 Å². The largest absolute Gasteiger partial charge is 0.480 e. The van der Waals surface area contributed by atoms with Crippen molar-refractivity contribution in [3.63, 3.8) is 0 Å². The van der Waals surface area contributed by atoms with E-state index in [1.54, 1.807) is 35.4 Å². The molecule has 202 valence electrons. The Morgan fingerprint density at radius 1 is 1.07 bits per heavy atom. The topological polar surface area (TPSA) is 128 Å². The zero-order valence-electron chi connectivity index (χ0n) is 21.7. The molecule has 40 heavy (non-hydrogen) atoms. The van der Waals surface area contributed by atoms with Crippen LogP contribution < -0.4 is 11.1 Å². The first kappa shape index (κ1) is 25.8. The summed E-state index contributed by atoms with van der Waals surface area (Å²) in [4.78, 5) is 25.8. The van der Waals surface area contributed by atoms with Crippen molar-refractivity contribution in [1.82, 2.24) is 24.6 Å². The highest BCUT2D eigenvalue weighted by Gasteiger charge is 2.41. The van der Waals surface area contributed by atoms with Crippen LogP contribution in [0.25, 0.3) is 16.6 Å². The van der Waals surface area contributed by atoms with Crippen LogP contribution in [-0.4, -0.2) is 36.3 Å². The van der Waals surface area contributed by atoms with E-state index < -0.39 is 17.6 Å². The first-order chi connectivity index (χ1) is 19.3. The van der Waals surface area contributed by atoms with Crippen molar-refractivity contribution in [2.45, 2.75) is 37.9 Å². The number of fused-ring (bicyclic) bond motifs is 3. The van der Waals surface area contributed by atoms with Gasteiger partial charge in [0, 0.05) is 27.8 Å². The maximum absolute atomic E-state index is 13.8. The lowest BCUT2D eigenvalue weighted by molar-refractivity contribution is -0.138. The van der Waals surface area contributed by atoms with Crippen molar-refractivity contribution in [2.24, 2.45) is 5.73 Å². The summed E-state index contributed by atoms with van der Waals surface area (Å²) < 4.78 is 3.82. The van der Waals surface area contributed by atoms with Gasteiger partial charge in [-0.2, -0.15) is 0 Å². The Balaban J connectivity index is 1.43. The SMILES string of the molecule is Cc1ccc2c(c1)c(C(N)C(=O)O)c1n2CC(NC(=O)c2ccc(-n3cnnc3)cc2Cl)(c2ccccc2)CC1. The lowest BCUT2D eigenvalue weighted by atomic mass is 9.81. The lowest BCUT2D eigenvalue weighted by Crippen LogP contribution is -2.51. The smallest absolute Gasteiger partial charge is 0.325 e. The molecule has 3 heterocycles. The third-order valence-electron chi connectivity index (χ3n) is 7.76. The van der Waals surface area contributed by atoms with E-state index in [1.807, 2.05) is 55.5 Å². The fourth-order valence-corrected chi connectivity index (χ4v) is 6.04. The molecule has 5 aromatic rings. The molecule has 4 N–H and O–H groups in total. The van der Waals surface area contributed by atoms with Gasteiger partial charge in [-0.1, -0.05) is 53.6 Å². The summed E-state index contributed by atoms with van der Waals surface area (Å²) in [6, 6.07) is 19.9. The molecule has 9 nitrogen and oxygen atoms in total. The summed E-state index contributed by atoms with van der Waals surface area (Å²) in [5.41, 5.74) is 10.9. The fraction of sp³-hybridized carbons (Fsp3) is 0.200. The number of carbonyl (C=O) groups is 2. The second-order valence-electron chi connectivity index (χ2n) is 10.2. The molecule has 1 amide bonds. The molecular weight excluding hydrogens is 528 g/mol. The molecule has 0 spiro atoms. The summed E-state index contributed by atoms with van der Waals surface area (Å²) >= 11 is 6.60. The summed E-state index contributed by atoms with van der Waals surface area (Å²) in [5, 5.41) is 21.9. The minimum Gasteiger partial charge on any atom is -0.480 e. The van der Waals surface area contributed by atoms with Crippen LogP contribution in [0.4, 0.5) is 0 Å². The van der Waals surface area contributed by atoms with E-state index in [1.165, 1.54) is 0 Å². The number of aliphatic carboxylic acids is 1. The molecule has 0 saturated heterocycles. The highest BCUT2D eigenvalue weighted by atomic mass is 35.5. The van der Waals surface area contributed by atoms with Gasteiger partial charge in [0.15, 0.2) is 0 Å². The molecule has 1 aliphatic rings. The second kappa shape index (κ2) is 9.93. The van der Waals surface area contributed by atoms with Crippen molar-refractivity contribution in [3.8, 4) is 5.69 Å². The molecule has 2 aromatic heterocycles. The summed E-state index contributed by atoms with van der Waals surface area (Å²) in [7, 11) is 0. The summed E-state index contributed by atoms with van der Waals surface area (Å²) in [5.74, 6) is -1.38. The lowest BCUT2D eigenvalue weighted by Gasteiger charge is -2.40. The number of amides is 1. The van der Waals surface area contributed by atoms with Crippen molar-refractivity contribution < 1.29 is 14.7 Å². The Morgan fingerprint density at radius 2 is 1.82 bits per heavy atom. The number of hydrogen-bond acceptors (Lipinski definition) is 5. The van der Waals surface area contributed by atoms with Gasteiger partial charge in [-0.25, -0.2) is 0 Å². The van der Waals surface area contributed by atoms with Crippen LogP contribution in [0.3, 0.4) is 0 Å². The van der Waals surface area contributed by atoms with E-state index in [0.717, 1.165) is 33.4 Å². The zero-order chi connectivity index (χ0) is 28.0. The Hall–Kier alpha value is -4.47. The third kappa shape index (κ3) is 4.33. The first-order valence-electron chi connectivity index (χ1n) is 12.9. The van der Waals surface area contributed by atoms with Crippen molar-refractivity contribution in [1.29, 1.82) is 0 Å². The number of carboxylic acid groups (broad SMARTS) is 1. The second-order valence-corrected chi connectivity index (χ2v) is 10.6. The number of aromatic nitrogens is 4. The average Bonchev–Trinajstić information content (AvgIpc) is 3.59. The van der Waals surface area contributed by atoms with Crippen LogP contribution in [0.1, 0.15) is 45.2 Å². The van der Waals surface area contributed by atoms with E-state index in [0.29, 0.717) is 35.5 Å². The molecular formula is C30H27ClN6O3. The number of carbonyl (C=O) groups excluding carboxylic acids is 1. The first-order valence-corrected chi connectivity index (χ1v) is 13.3. The number of nitrogens with one attached hydrogen (secondary N) is 1. The summed E-state index contributed by atoms with van der Waals surface area (Å²) in [6.45, 7) is 2.37. The van der Waals surface area contributed by atoms with Crippen molar-refractivity contribution in [2.75, 3.05) is 0 Å². The van der Waals surface area contributed by atoms with Crippen molar-refractivity contribution >= 4 is 34.4 Å². The number of rotatable bonds is 6. The number of nitrogens with zero attached hydrogens (tertiary/aromatic N) is 4. The van der Waals surface area contributed by atoms with Crippen LogP contribution in [0.2, 0.25) is 5.02 Å². The molecule has 3 aromatic carbocycles. The molecule has 0 saturated carbocycles. The number of nitrogens with two attached hydrogens (primary N) is 1. The van der Waals surface area contributed by atoms with Gasteiger partial charge < -0.3 is 20.7 Å². The number of halogens is 1. The van der Waals surface area contributed by atoms with Crippen molar-refractivity contribution in [3.05, 3.63) is 112 Å². The number of hydrogen-bond donors (Lipinski definition) is 3. The molecule has 10 heteroatoms. The van der Waals surface area contributed by atoms with Crippen LogP contribution in [0.15, 0.2) is 79.4 Å². The van der Waals surface area contributed by atoms with Crippen LogP contribution in [0.5, 0.6) is 0 Å².